The number of nitrogens with zero attached hydrogens (tertiary/aromatic N) is 1. The molecule has 3 rings (SSSR count). The van der Waals surface area contributed by atoms with E-state index >= 15 is 0 Å². The molecule has 2 aromatic rings. The summed E-state index contributed by atoms with van der Waals surface area (Å²) < 4.78 is 5.12. The summed E-state index contributed by atoms with van der Waals surface area (Å²) in [6.07, 6.45) is 2.33. The van der Waals surface area contributed by atoms with Crippen LogP contribution >= 0.6 is 11.6 Å². The summed E-state index contributed by atoms with van der Waals surface area (Å²) in [5, 5.41) is 10.0. The van der Waals surface area contributed by atoms with Gasteiger partial charge in [0.1, 0.15) is 0 Å². The molecule has 4 nitrogen and oxygen atoms in total. The number of hydrogen-bond acceptors (Lipinski definition) is 4. The van der Waals surface area contributed by atoms with Gasteiger partial charge in [-0.1, -0.05) is 41.9 Å². The molecule has 1 aliphatic heterocycles. The summed E-state index contributed by atoms with van der Waals surface area (Å²) in [4.78, 5) is 14.5. The van der Waals surface area contributed by atoms with Gasteiger partial charge in [-0.25, -0.2) is 0 Å². The first-order valence-corrected chi connectivity index (χ1v) is 8.51. The van der Waals surface area contributed by atoms with Gasteiger partial charge in [0.05, 0.1) is 12.1 Å². The maximum Gasteiger partial charge on any atom is 0.176 e. The molecule has 0 radical (unpaired) electrons. The summed E-state index contributed by atoms with van der Waals surface area (Å²) in [5.41, 5.74) is 2.71. The SMILES string of the molecule is COc1cc(/C=C2\CN(Cc3ccccc3)CCC2=O)cc(Cl)c1O. The van der Waals surface area contributed by atoms with E-state index in [-0.39, 0.29) is 16.6 Å². The fourth-order valence-electron chi connectivity index (χ4n) is 2.96. The third-order valence-electron chi connectivity index (χ3n) is 4.27. The van der Waals surface area contributed by atoms with Crippen molar-refractivity contribution in [2.45, 2.75) is 13.0 Å². The molecule has 130 valence electrons. The van der Waals surface area contributed by atoms with E-state index in [4.69, 9.17) is 16.3 Å². The second kappa shape index (κ2) is 7.72. The topological polar surface area (TPSA) is 49.8 Å². The van der Waals surface area contributed by atoms with E-state index in [2.05, 4.69) is 17.0 Å². The Bertz CT molecular complexity index is 802. The number of phenolic OH excluding ortho intramolecular Hbond substituents is 1. The van der Waals surface area contributed by atoms with Crippen molar-refractivity contribution in [3.63, 3.8) is 0 Å². The zero-order chi connectivity index (χ0) is 17.8. The molecule has 1 heterocycles. The maximum atomic E-state index is 12.3. The molecular weight excluding hydrogens is 338 g/mol. The Morgan fingerprint density at radius 3 is 2.76 bits per heavy atom. The molecule has 0 amide bonds. The molecule has 1 fully saturated rings. The molecule has 25 heavy (non-hydrogen) atoms. The minimum Gasteiger partial charge on any atom is -0.503 e. The van der Waals surface area contributed by atoms with Crippen molar-refractivity contribution >= 4 is 23.5 Å². The van der Waals surface area contributed by atoms with Gasteiger partial charge in [-0.05, 0) is 29.3 Å². The second-order valence-corrected chi connectivity index (χ2v) is 6.50. The van der Waals surface area contributed by atoms with E-state index in [9.17, 15) is 9.90 Å². The van der Waals surface area contributed by atoms with E-state index in [1.54, 1.807) is 12.1 Å². The van der Waals surface area contributed by atoms with Crippen molar-refractivity contribution in [3.05, 3.63) is 64.2 Å². The lowest BCUT2D eigenvalue weighted by Gasteiger charge is -2.28. The molecule has 2 aromatic carbocycles. The van der Waals surface area contributed by atoms with Crippen molar-refractivity contribution in [1.29, 1.82) is 0 Å². The van der Waals surface area contributed by atoms with Crippen LogP contribution < -0.4 is 4.74 Å². The minimum atomic E-state index is -0.0907. The number of halogens is 1. The van der Waals surface area contributed by atoms with Crippen LogP contribution in [0.3, 0.4) is 0 Å². The van der Waals surface area contributed by atoms with E-state index in [0.29, 0.717) is 18.7 Å². The summed E-state index contributed by atoms with van der Waals surface area (Å²) in [6.45, 7) is 2.16. The molecule has 1 aliphatic rings. The predicted molar refractivity (Wildman–Crippen MR) is 99.0 cm³/mol. The first-order valence-electron chi connectivity index (χ1n) is 8.13. The van der Waals surface area contributed by atoms with Crippen LogP contribution in [0.15, 0.2) is 48.0 Å². The normalized spacial score (nSPS) is 17.0. The number of carbonyl (C=O) groups excluding carboxylic acids is 1. The molecule has 0 spiro atoms. The van der Waals surface area contributed by atoms with E-state index in [1.165, 1.54) is 12.7 Å². The lowest BCUT2D eigenvalue weighted by molar-refractivity contribution is -0.117. The lowest BCUT2D eigenvalue weighted by atomic mass is 9.99. The van der Waals surface area contributed by atoms with Crippen molar-refractivity contribution in [3.8, 4) is 11.5 Å². The number of carbonyl (C=O) groups is 1. The Hall–Kier alpha value is -2.30. The number of Topliss-reactive ketones (excluding diaryl/α,β-unsaturated/α-hetero) is 1. The summed E-state index contributed by atoms with van der Waals surface area (Å²) in [7, 11) is 1.47. The molecule has 0 saturated carbocycles. The van der Waals surface area contributed by atoms with Gasteiger partial charge in [0, 0.05) is 31.6 Å². The van der Waals surface area contributed by atoms with Crippen LogP contribution in [0.2, 0.25) is 5.02 Å². The molecule has 0 bridgehead atoms. The molecule has 0 unspecified atom stereocenters. The quantitative estimate of drug-likeness (QED) is 0.843. The van der Waals surface area contributed by atoms with E-state index < -0.39 is 0 Å². The number of phenols is 1. The third kappa shape index (κ3) is 4.21. The number of aromatic hydroxyl groups is 1. The van der Waals surface area contributed by atoms with Gasteiger partial charge in [0.15, 0.2) is 17.3 Å². The van der Waals surface area contributed by atoms with Gasteiger partial charge in [-0.15, -0.1) is 0 Å². The molecule has 1 saturated heterocycles. The minimum absolute atomic E-state index is 0.0907. The predicted octanol–water partition coefficient (Wildman–Crippen LogP) is 3.91. The first-order chi connectivity index (χ1) is 12.1. The number of ketones is 1. The molecule has 1 N–H and O–H groups in total. The van der Waals surface area contributed by atoms with Crippen LogP contribution in [0.1, 0.15) is 17.5 Å². The highest BCUT2D eigenvalue weighted by atomic mass is 35.5. The monoisotopic (exact) mass is 357 g/mol. The average molecular weight is 358 g/mol. The van der Waals surface area contributed by atoms with E-state index in [1.807, 2.05) is 24.3 Å². The number of rotatable bonds is 4. The smallest absolute Gasteiger partial charge is 0.176 e. The summed E-state index contributed by atoms with van der Waals surface area (Å²) in [6, 6.07) is 13.5. The van der Waals surface area contributed by atoms with Crippen LogP contribution in [0.25, 0.3) is 6.08 Å². The zero-order valence-electron chi connectivity index (χ0n) is 14.0. The van der Waals surface area contributed by atoms with Crippen LogP contribution in [0.5, 0.6) is 11.5 Å². The number of methoxy groups -OCH3 is 1. The third-order valence-corrected chi connectivity index (χ3v) is 4.56. The van der Waals surface area contributed by atoms with Crippen LogP contribution in [-0.4, -0.2) is 36.0 Å². The Morgan fingerprint density at radius 1 is 1.28 bits per heavy atom. The first kappa shape index (κ1) is 17.5. The van der Waals surface area contributed by atoms with Gasteiger partial charge in [0.2, 0.25) is 0 Å². The second-order valence-electron chi connectivity index (χ2n) is 6.09. The number of benzene rings is 2. The molecule has 0 aromatic heterocycles. The van der Waals surface area contributed by atoms with Gasteiger partial charge >= 0.3 is 0 Å². The zero-order valence-corrected chi connectivity index (χ0v) is 14.8. The maximum absolute atomic E-state index is 12.3. The molecular formula is C20H20ClNO3. The van der Waals surface area contributed by atoms with Gasteiger partial charge in [0.25, 0.3) is 0 Å². The largest absolute Gasteiger partial charge is 0.503 e. The highest BCUT2D eigenvalue weighted by molar-refractivity contribution is 6.32. The van der Waals surface area contributed by atoms with Gasteiger partial charge in [-0.3, -0.25) is 9.69 Å². The van der Waals surface area contributed by atoms with Crippen molar-refractivity contribution in [2.75, 3.05) is 20.2 Å². The van der Waals surface area contributed by atoms with Crippen molar-refractivity contribution < 1.29 is 14.6 Å². The fourth-order valence-corrected chi connectivity index (χ4v) is 3.18. The number of likely N-dealkylation sites (tertiary alicyclic amines) is 1. The van der Waals surface area contributed by atoms with E-state index in [0.717, 1.165) is 24.2 Å². The molecule has 0 atom stereocenters. The molecule has 5 heteroatoms. The Labute approximate surface area is 152 Å². The highest BCUT2D eigenvalue weighted by Crippen LogP contribution is 2.35. The number of hydrogen-bond donors (Lipinski definition) is 1. The van der Waals surface area contributed by atoms with Crippen LogP contribution in [0.4, 0.5) is 0 Å². The number of ether oxygens (including phenoxy) is 1. The summed E-state index contributed by atoms with van der Waals surface area (Å²) >= 11 is 6.03. The van der Waals surface area contributed by atoms with Crippen LogP contribution in [0, 0.1) is 0 Å². The Balaban J connectivity index is 1.81. The average Bonchev–Trinajstić information content (AvgIpc) is 2.61. The van der Waals surface area contributed by atoms with Crippen molar-refractivity contribution in [1.82, 2.24) is 4.90 Å². The van der Waals surface area contributed by atoms with Gasteiger partial charge in [-0.2, -0.15) is 0 Å². The van der Waals surface area contributed by atoms with Crippen LogP contribution in [-0.2, 0) is 11.3 Å². The van der Waals surface area contributed by atoms with Gasteiger partial charge < -0.3 is 9.84 Å². The lowest BCUT2D eigenvalue weighted by Crippen LogP contribution is -2.35. The van der Waals surface area contributed by atoms with Crippen molar-refractivity contribution in [2.24, 2.45) is 0 Å². The Morgan fingerprint density at radius 2 is 2.04 bits per heavy atom. The standard InChI is InChI=1S/C20H20ClNO3/c1-25-19-11-15(10-17(21)20(19)24)9-16-13-22(8-7-18(16)23)12-14-5-3-2-4-6-14/h2-6,9-11,24H,7-8,12-13H2,1H3/b16-9+. The highest BCUT2D eigenvalue weighted by Gasteiger charge is 2.21. The fraction of sp³-hybridized carbons (Fsp3) is 0.250. The number of piperidine rings is 1. The Kier molecular flexibility index (Phi) is 5.41. The summed E-state index contributed by atoms with van der Waals surface area (Å²) in [5.74, 6) is 0.350. The molecule has 0 aliphatic carbocycles.